The van der Waals surface area contributed by atoms with Gasteiger partial charge in [0.15, 0.2) is 0 Å². The molecule has 0 saturated carbocycles. The Morgan fingerprint density at radius 3 is 2.52 bits per heavy atom. The van der Waals surface area contributed by atoms with E-state index >= 15 is 0 Å². The Balaban J connectivity index is 1.77. The lowest BCUT2D eigenvalue weighted by atomic mass is 10.0. The third kappa shape index (κ3) is 4.10. The largest absolute Gasteiger partial charge is 0.342 e. The summed E-state index contributed by atoms with van der Waals surface area (Å²) in [6.45, 7) is 1.18. The topological polar surface area (TPSA) is 72.3 Å². The monoisotopic (exact) mass is 361 g/mol. The average molecular weight is 361 g/mol. The normalized spacial score (nSPS) is 14.9. The molecule has 1 amide bonds. The van der Waals surface area contributed by atoms with E-state index in [-0.39, 0.29) is 18.1 Å². The summed E-state index contributed by atoms with van der Waals surface area (Å²) in [6, 6.07) is 10.1. The molecule has 7 heteroatoms. The van der Waals surface area contributed by atoms with Crippen molar-refractivity contribution in [1.82, 2.24) is 14.7 Å². The van der Waals surface area contributed by atoms with Crippen LogP contribution in [0.2, 0.25) is 0 Å². The van der Waals surface area contributed by atoms with Crippen LogP contribution in [0.4, 0.5) is 0 Å². The van der Waals surface area contributed by atoms with Crippen molar-refractivity contribution in [3.05, 3.63) is 41.6 Å². The highest BCUT2D eigenvalue weighted by Gasteiger charge is 2.24. The van der Waals surface area contributed by atoms with E-state index in [0.717, 1.165) is 29.6 Å². The highest BCUT2D eigenvalue weighted by atomic mass is 32.2. The first-order valence-electron chi connectivity index (χ1n) is 8.41. The molecule has 0 N–H and O–H groups in total. The summed E-state index contributed by atoms with van der Waals surface area (Å²) >= 11 is 0. The molecule has 2 heterocycles. The van der Waals surface area contributed by atoms with Crippen molar-refractivity contribution in [3.8, 4) is 11.3 Å². The van der Waals surface area contributed by atoms with E-state index in [2.05, 4.69) is 17.2 Å². The number of carbonyl (C=O) groups is 1. The Hall–Kier alpha value is -2.15. The lowest BCUT2D eigenvalue weighted by Gasteiger charge is -2.20. The van der Waals surface area contributed by atoms with Crippen LogP contribution in [0.15, 0.2) is 30.3 Å². The van der Waals surface area contributed by atoms with Crippen LogP contribution in [-0.4, -0.2) is 54.1 Å². The SMILES string of the molecule is Cn1nc2c(c1-c1ccccc1)CCN(C(=O)CCS(C)(=O)=O)CC2. The molecule has 0 unspecified atom stereocenters. The van der Waals surface area contributed by atoms with Gasteiger partial charge < -0.3 is 4.90 Å². The number of hydrogen-bond acceptors (Lipinski definition) is 4. The third-order valence-corrected chi connectivity index (χ3v) is 5.51. The number of carbonyl (C=O) groups excluding carboxylic acids is 1. The fourth-order valence-electron chi connectivity index (χ4n) is 3.32. The van der Waals surface area contributed by atoms with Crippen molar-refractivity contribution in [2.24, 2.45) is 7.05 Å². The molecule has 6 nitrogen and oxygen atoms in total. The summed E-state index contributed by atoms with van der Waals surface area (Å²) in [5, 5.41) is 4.65. The standard InChI is InChI=1S/C18H23N3O3S/c1-20-18(14-6-4-3-5-7-14)15-8-11-21(12-9-16(15)19-20)17(22)10-13-25(2,23)24/h3-7H,8-13H2,1-2H3. The number of aryl methyl sites for hydroxylation is 1. The number of fused-ring (bicyclic) bond motifs is 1. The highest BCUT2D eigenvalue weighted by Crippen LogP contribution is 2.28. The molecule has 0 bridgehead atoms. The quantitative estimate of drug-likeness (QED) is 0.826. The Labute approximate surface area is 148 Å². The minimum absolute atomic E-state index is 0.0514. The Morgan fingerprint density at radius 2 is 1.84 bits per heavy atom. The molecule has 1 aromatic carbocycles. The summed E-state index contributed by atoms with van der Waals surface area (Å²) < 4.78 is 24.5. The van der Waals surface area contributed by atoms with Crippen molar-refractivity contribution in [2.75, 3.05) is 25.1 Å². The molecule has 0 saturated heterocycles. The predicted octanol–water partition coefficient (Wildman–Crippen LogP) is 1.45. The summed E-state index contributed by atoms with van der Waals surface area (Å²) in [5.74, 6) is -0.189. The zero-order valence-electron chi connectivity index (χ0n) is 14.6. The van der Waals surface area contributed by atoms with Gasteiger partial charge in [-0.1, -0.05) is 30.3 Å². The number of benzene rings is 1. The second-order valence-corrected chi connectivity index (χ2v) is 8.78. The lowest BCUT2D eigenvalue weighted by molar-refractivity contribution is -0.130. The van der Waals surface area contributed by atoms with Crippen molar-refractivity contribution in [1.29, 1.82) is 0 Å². The van der Waals surface area contributed by atoms with E-state index < -0.39 is 9.84 Å². The molecule has 1 aliphatic rings. The second-order valence-electron chi connectivity index (χ2n) is 6.52. The predicted molar refractivity (Wildman–Crippen MR) is 97.0 cm³/mol. The van der Waals surface area contributed by atoms with E-state index in [9.17, 15) is 13.2 Å². The van der Waals surface area contributed by atoms with Gasteiger partial charge in [0.2, 0.25) is 5.91 Å². The third-order valence-electron chi connectivity index (χ3n) is 4.57. The average Bonchev–Trinajstić information content (AvgIpc) is 2.74. The second kappa shape index (κ2) is 7.00. The fourth-order valence-corrected chi connectivity index (χ4v) is 3.87. The smallest absolute Gasteiger partial charge is 0.223 e. The van der Waals surface area contributed by atoms with E-state index in [4.69, 9.17) is 0 Å². The maximum atomic E-state index is 12.3. The molecule has 0 fully saturated rings. The van der Waals surface area contributed by atoms with Gasteiger partial charge in [0.25, 0.3) is 0 Å². The molecule has 0 atom stereocenters. The number of sulfone groups is 1. The number of hydrogen-bond donors (Lipinski definition) is 0. The number of rotatable bonds is 4. The van der Waals surface area contributed by atoms with Crippen molar-refractivity contribution < 1.29 is 13.2 Å². The van der Waals surface area contributed by atoms with Crippen molar-refractivity contribution in [3.63, 3.8) is 0 Å². The highest BCUT2D eigenvalue weighted by molar-refractivity contribution is 7.90. The molecule has 2 aromatic rings. The first kappa shape index (κ1) is 17.7. The first-order valence-corrected chi connectivity index (χ1v) is 10.5. The van der Waals surface area contributed by atoms with Crippen molar-refractivity contribution >= 4 is 15.7 Å². The zero-order valence-corrected chi connectivity index (χ0v) is 15.4. The molecule has 25 heavy (non-hydrogen) atoms. The molecule has 0 aliphatic carbocycles. The Morgan fingerprint density at radius 1 is 1.16 bits per heavy atom. The molecule has 0 radical (unpaired) electrons. The molecular weight excluding hydrogens is 338 g/mol. The van der Waals surface area contributed by atoms with Gasteiger partial charge >= 0.3 is 0 Å². The van der Waals surface area contributed by atoms with Gasteiger partial charge in [-0.3, -0.25) is 9.48 Å². The lowest BCUT2D eigenvalue weighted by Crippen LogP contribution is -2.34. The van der Waals surface area contributed by atoms with E-state index in [1.165, 1.54) is 5.56 Å². The van der Waals surface area contributed by atoms with Gasteiger partial charge in [0.1, 0.15) is 9.84 Å². The molecular formula is C18H23N3O3S. The minimum atomic E-state index is -3.12. The van der Waals surface area contributed by atoms with Gasteiger partial charge in [-0.15, -0.1) is 0 Å². The van der Waals surface area contributed by atoms with Gasteiger partial charge in [-0.05, 0) is 6.42 Å². The molecule has 1 aromatic heterocycles. The van der Waals surface area contributed by atoms with E-state index in [0.29, 0.717) is 19.5 Å². The van der Waals surface area contributed by atoms with Crippen LogP contribution in [0.3, 0.4) is 0 Å². The van der Waals surface area contributed by atoms with Gasteiger partial charge in [-0.25, -0.2) is 8.42 Å². The van der Waals surface area contributed by atoms with Crippen LogP contribution in [0.25, 0.3) is 11.3 Å². The summed E-state index contributed by atoms with van der Waals surface area (Å²) in [5.41, 5.74) is 4.43. The summed E-state index contributed by atoms with van der Waals surface area (Å²) in [7, 11) is -1.17. The van der Waals surface area contributed by atoms with Gasteiger partial charge in [-0.2, -0.15) is 5.10 Å². The fraction of sp³-hybridized carbons (Fsp3) is 0.444. The first-order chi connectivity index (χ1) is 11.8. The van der Waals surface area contributed by atoms with Crippen LogP contribution >= 0.6 is 0 Å². The zero-order chi connectivity index (χ0) is 18.0. The van der Waals surface area contributed by atoms with E-state index in [1.54, 1.807) is 4.90 Å². The Kier molecular flexibility index (Phi) is 4.94. The van der Waals surface area contributed by atoms with Gasteiger partial charge in [0, 0.05) is 50.4 Å². The molecule has 3 rings (SSSR count). The van der Waals surface area contributed by atoms with Gasteiger partial charge in [0.05, 0.1) is 17.1 Å². The summed E-state index contributed by atoms with van der Waals surface area (Å²) in [4.78, 5) is 14.1. The van der Waals surface area contributed by atoms with Crippen LogP contribution in [0, 0.1) is 0 Å². The minimum Gasteiger partial charge on any atom is -0.342 e. The number of amides is 1. The summed E-state index contributed by atoms with van der Waals surface area (Å²) in [6.07, 6.45) is 2.64. The molecule has 0 spiro atoms. The molecule has 134 valence electrons. The van der Waals surface area contributed by atoms with Crippen LogP contribution < -0.4 is 0 Å². The Bertz CT molecular complexity index is 872. The maximum absolute atomic E-state index is 12.3. The van der Waals surface area contributed by atoms with Crippen molar-refractivity contribution in [2.45, 2.75) is 19.3 Å². The van der Waals surface area contributed by atoms with E-state index in [1.807, 2.05) is 29.9 Å². The maximum Gasteiger partial charge on any atom is 0.223 e. The molecule has 1 aliphatic heterocycles. The van der Waals surface area contributed by atoms with Crippen LogP contribution in [0.1, 0.15) is 17.7 Å². The number of aromatic nitrogens is 2. The number of nitrogens with zero attached hydrogens (tertiary/aromatic N) is 3. The van der Waals surface area contributed by atoms with Crippen LogP contribution in [0.5, 0.6) is 0 Å². The van der Waals surface area contributed by atoms with Crippen LogP contribution in [-0.2, 0) is 34.5 Å².